The highest BCUT2D eigenvalue weighted by Gasteiger charge is 2.30. The molecule has 1 atom stereocenters. The van der Waals surface area contributed by atoms with Gasteiger partial charge in [0.2, 0.25) is 0 Å². The van der Waals surface area contributed by atoms with Crippen molar-refractivity contribution < 1.29 is 0 Å². The van der Waals surface area contributed by atoms with Gasteiger partial charge in [-0.05, 0) is 51.3 Å². The third kappa shape index (κ3) is 3.70. The van der Waals surface area contributed by atoms with Gasteiger partial charge in [0.05, 0.1) is 5.69 Å². The molecule has 18 heavy (non-hydrogen) atoms. The van der Waals surface area contributed by atoms with Crippen molar-refractivity contribution in [2.75, 3.05) is 18.9 Å². The van der Waals surface area contributed by atoms with Crippen LogP contribution in [0.15, 0.2) is 18.3 Å². The van der Waals surface area contributed by atoms with Gasteiger partial charge < -0.3 is 5.32 Å². The van der Waals surface area contributed by atoms with Crippen LogP contribution in [0.25, 0.3) is 0 Å². The number of rotatable bonds is 7. The minimum Gasteiger partial charge on any atom is -0.385 e. The smallest absolute Gasteiger partial charge is 0.0564 e. The molecule has 0 amide bonds. The van der Waals surface area contributed by atoms with Crippen LogP contribution in [-0.4, -0.2) is 29.5 Å². The lowest BCUT2D eigenvalue weighted by molar-refractivity contribution is 0.224. The van der Waals surface area contributed by atoms with Gasteiger partial charge in [0.1, 0.15) is 0 Å². The first-order chi connectivity index (χ1) is 8.70. The number of pyridine rings is 1. The summed E-state index contributed by atoms with van der Waals surface area (Å²) in [6.07, 6.45) is 5.85. The third-order valence-electron chi connectivity index (χ3n) is 3.81. The molecule has 2 rings (SSSR count). The molecule has 0 bridgehead atoms. The second-order valence-electron chi connectivity index (χ2n) is 5.46. The number of nitrogens with one attached hydrogen (secondary N) is 1. The second-order valence-corrected chi connectivity index (χ2v) is 5.46. The van der Waals surface area contributed by atoms with Crippen molar-refractivity contribution in [1.82, 2.24) is 9.88 Å². The molecule has 1 unspecified atom stereocenters. The fourth-order valence-electron chi connectivity index (χ4n) is 2.28. The van der Waals surface area contributed by atoms with Gasteiger partial charge in [-0.3, -0.25) is 9.88 Å². The molecule has 3 heteroatoms. The van der Waals surface area contributed by atoms with Crippen molar-refractivity contribution in [3.63, 3.8) is 0 Å². The first-order valence-electron chi connectivity index (χ1n) is 7.09. The van der Waals surface area contributed by atoms with E-state index in [2.05, 4.69) is 42.2 Å². The number of nitrogens with zero attached hydrogens (tertiary/aromatic N) is 2. The predicted octanol–water partition coefficient (Wildman–Crippen LogP) is 3.13. The second kappa shape index (κ2) is 6.19. The molecule has 0 aliphatic heterocycles. The van der Waals surface area contributed by atoms with Gasteiger partial charge in [0.15, 0.2) is 0 Å². The molecule has 1 aromatic rings. The highest BCUT2D eigenvalue weighted by Crippen LogP contribution is 2.35. The van der Waals surface area contributed by atoms with Crippen molar-refractivity contribution in [1.29, 1.82) is 0 Å². The van der Waals surface area contributed by atoms with Gasteiger partial charge in [-0.2, -0.15) is 0 Å². The zero-order chi connectivity index (χ0) is 13.0. The van der Waals surface area contributed by atoms with Crippen LogP contribution in [0.5, 0.6) is 0 Å². The maximum Gasteiger partial charge on any atom is 0.0564 e. The molecule has 1 heterocycles. The fourth-order valence-corrected chi connectivity index (χ4v) is 2.28. The van der Waals surface area contributed by atoms with E-state index in [4.69, 9.17) is 0 Å². The van der Waals surface area contributed by atoms with Gasteiger partial charge in [-0.25, -0.2) is 0 Å². The maximum atomic E-state index is 4.47. The van der Waals surface area contributed by atoms with E-state index in [0.717, 1.165) is 31.1 Å². The van der Waals surface area contributed by atoms with Gasteiger partial charge in [0.25, 0.3) is 0 Å². The lowest BCUT2D eigenvalue weighted by atomic mass is 10.2. The normalized spacial score (nSPS) is 16.9. The molecule has 1 aliphatic rings. The highest BCUT2D eigenvalue weighted by molar-refractivity contribution is 5.43. The van der Waals surface area contributed by atoms with E-state index in [1.54, 1.807) is 0 Å². The maximum absolute atomic E-state index is 4.47. The molecule has 0 saturated heterocycles. The molecule has 1 fully saturated rings. The summed E-state index contributed by atoms with van der Waals surface area (Å²) in [7, 11) is 2.21. The molecule has 1 saturated carbocycles. The fraction of sp³-hybridized carbons (Fsp3) is 0.667. The molecule has 0 spiro atoms. The number of anilines is 1. The van der Waals surface area contributed by atoms with Crippen molar-refractivity contribution in [3.8, 4) is 0 Å². The number of hydrogen-bond donors (Lipinski definition) is 1. The Morgan fingerprint density at radius 3 is 2.94 bits per heavy atom. The van der Waals surface area contributed by atoms with Gasteiger partial charge in [-0.15, -0.1) is 0 Å². The van der Waals surface area contributed by atoms with Crippen molar-refractivity contribution >= 4 is 5.69 Å². The van der Waals surface area contributed by atoms with E-state index in [0.29, 0.717) is 6.04 Å². The molecular formula is C15H25N3. The standard InChI is InChI=1S/C15H25N3/c1-4-8-16-14-7-9-17-15(10-14)11-18(3)12(2)13-5-6-13/h7,9-10,12-13H,4-6,8,11H2,1-3H3,(H,16,17). The Morgan fingerprint density at radius 1 is 1.50 bits per heavy atom. The summed E-state index contributed by atoms with van der Waals surface area (Å²) in [6, 6.07) is 4.90. The van der Waals surface area contributed by atoms with Crippen LogP contribution in [0.1, 0.15) is 38.8 Å². The molecular weight excluding hydrogens is 222 g/mol. The molecule has 100 valence electrons. The third-order valence-corrected chi connectivity index (χ3v) is 3.81. The zero-order valence-electron chi connectivity index (χ0n) is 11.8. The zero-order valence-corrected chi connectivity index (χ0v) is 11.8. The minimum atomic E-state index is 0.680. The Labute approximate surface area is 111 Å². The molecule has 1 N–H and O–H groups in total. The molecule has 0 radical (unpaired) electrons. The van der Waals surface area contributed by atoms with Crippen LogP contribution in [0.2, 0.25) is 0 Å². The van der Waals surface area contributed by atoms with E-state index in [9.17, 15) is 0 Å². The van der Waals surface area contributed by atoms with Crippen molar-refractivity contribution in [2.45, 2.75) is 45.7 Å². The number of aromatic nitrogens is 1. The van der Waals surface area contributed by atoms with Gasteiger partial charge in [0, 0.05) is 31.0 Å². The van der Waals surface area contributed by atoms with E-state index in [1.165, 1.54) is 18.5 Å². The van der Waals surface area contributed by atoms with Crippen molar-refractivity contribution in [3.05, 3.63) is 24.0 Å². The molecule has 3 nitrogen and oxygen atoms in total. The average molecular weight is 247 g/mol. The summed E-state index contributed by atoms with van der Waals surface area (Å²) in [5.74, 6) is 0.913. The first-order valence-corrected chi connectivity index (χ1v) is 7.09. The predicted molar refractivity (Wildman–Crippen MR) is 76.7 cm³/mol. The quantitative estimate of drug-likeness (QED) is 0.802. The molecule has 1 aliphatic carbocycles. The largest absolute Gasteiger partial charge is 0.385 e. The monoisotopic (exact) mass is 247 g/mol. The van der Waals surface area contributed by atoms with Gasteiger partial charge >= 0.3 is 0 Å². The lowest BCUT2D eigenvalue weighted by Crippen LogP contribution is -2.30. The SMILES string of the molecule is CCCNc1ccnc(CN(C)C(C)C2CC2)c1. The Balaban J connectivity index is 1.91. The summed E-state index contributed by atoms with van der Waals surface area (Å²) >= 11 is 0. The summed E-state index contributed by atoms with van der Waals surface area (Å²) in [4.78, 5) is 6.89. The van der Waals surface area contributed by atoms with Crippen LogP contribution < -0.4 is 5.32 Å². The molecule has 1 aromatic heterocycles. The van der Waals surface area contributed by atoms with Crippen LogP contribution >= 0.6 is 0 Å². The topological polar surface area (TPSA) is 28.2 Å². The number of hydrogen-bond acceptors (Lipinski definition) is 3. The van der Waals surface area contributed by atoms with E-state index in [1.807, 2.05) is 12.3 Å². The van der Waals surface area contributed by atoms with Crippen LogP contribution in [-0.2, 0) is 6.54 Å². The first kappa shape index (κ1) is 13.3. The van der Waals surface area contributed by atoms with E-state index >= 15 is 0 Å². The summed E-state index contributed by atoms with van der Waals surface area (Å²) < 4.78 is 0. The highest BCUT2D eigenvalue weighted by atomic mass is 15.1. The van der Waals surface area contributed by atoms with Crippen LogP contribution in [0.3, 0.4) is 0 Å². The summed E-state index contributed by atoms with van der Waals surface area (Å²) in [6.45, 7) is 6.48. The van der Waals surface area contributed by atoms with Crippen LogP contribution in [0.4, 0.5) is 5.69 Å². The van der Waals surface area contributed by atoms with Crippen LogP contribution in [0, 0.1) is 5.92 Å². The van der Waals surface area contributed by atoms with E-state index < -0.39 is 0 Å². The lowest BCUT2D eigenvalue weighted by Gasteiger charge is -2.24. The molecule has 0 aromatic carbocycles. The Hall–Kier alpha value is -1.09. The van der Waals surface area contributed by atoms with E-state index in [-0.39, 0.29) is 0 Å². The Kier molecular flexibility index (Phi) is 4.59. The van der Waals surface area contributed by atoms with Crippen molar-refractivity contribution in [2.24, 2.45) is 5.92 Å². The van der Waals surface area contributed by atoms with Gasteiger partial charge in [-0.1, -0.05) is 6.92 Å². The summed E-state index contributed by atoms with van der Waals surface area (Å²) in [5, 5.41) is 3.41. The minimum absolute atomic E-state index is 0.680. The summed E-state index contributed by atoms with van der Waals surface area (Å²) in [5.41, 5.74) is 2.35. The average Bonchev–Trinajstić information content (AvgIpc) is 3.20. The Bertz CT molecular complexity index is 374. The Morgan fingerprint density at radius 2 is 2.28 bits per heavy atom.